The fraction of sp³-hybridized carbons (Fsp3) is 0.200. The van der Waals surface area contributed by atoms with Gasteiger partial charge in [0.15, 0.2) is 6.61 Å². The highest BCUT2D eigenvalue weighted by atomic mass is 32.2. The monoisotopic (exact) mass is 641 g/mol. The second kappa shape index (κ2) is 11.5. The van der Waals surface area contributed by atoms with Crippen molar-refractivity contribution in [2.75, 3.05) is 23.9 Å². The summed E-state index contributed by atoms with van der Waals surface area (Å²) >= 11 is 1.79. The van der Waals surface area contributed by atoms with Gasteiger partial charge in [-0.3, -0.25) is 19.2 Å². The molecular formula is C30H22F3N3O6S2. The standard InChI is InChI=1S/C30H22F3N3O6S2/c1-41-16-12-10-15(11-13-16)34-21(37)14-42-20-9-5-2-6-17(20)22-23-25(43-26-24(22)44-29(40)35-26)28(39)36(27(23)38)19-8-4-3-7-18(19)30(31,32)33/h2-13,22-23,25H,14H2,1H3,(H,34,37)(H,35,40)/t22-,23?,25?/m1/s1. The number of thiazole rings is 1. The number of carbonyl (C=O) groups is 3. The number of H-pyrrole nitrogens is 1. The van der Waals surface area contributed by atoms with Crippen LogP contribution in [0, 0.1) is 5.92 Å². The summed E-state index contributed by atoms with van der Waals surface area (Å²) in [5, 5.41) is 1.95. The largest absolute Gasteiger partial charge is 0.497 e. The zero-order chi connectivity index (χ0) is 31.2. The second-order valence-corrected chi connectivity index (χ2v) is 12.0. The predicted octanol–water partition coefficient (Wildman–Crippen LogP) is 5.28. The lowest BCUT2D eigenvalue weighted by Crippen LogP contribution is -2.33. The van der Waals surface area contributed by atoms with Crippen LogP contribution in [0.5, 0.6) is 11.5 Å². The van der Waals surface area contributed by atoms with Gasteiger partial charge in [0.25, 0.3) is 5.91 Å². The van der Waals surface area contributed by atoms with Crippen LogP contribution in [-0.4, -0.2) is 41.7 Å². The van der Waals surface area contributed by atoms with Crippen LogP contribution in [0.2, 0.25) is 0 Å². The van der Waals surface area contributed by atoms with Gasteiger partial charge in [0.05, 0.1) is 29.3 Å². The molecule has 1 saturated heterocycles. The van der Waals surface area contributed by atoms with Crippen molar-refractivity contribution in [1.82, 2.24) is 4.98 Å². The topological polar surface area (TPSA) is 118 Å². The number of amides is 3. The normalized spacial score (nSPS) is 19.4. The quantitative estimate of drug-likeness (QED) is 0.264. The summed E-state index contributed by atoms with van der Waals surface area (Å²) in [7, 11) is 1.52. The Balaban J connectivity index is 1.34. The first-order valence-corrected chi connectivity index (χ1v) is 14.9. The maximum absolute atomic E-state index is 14.0. The Morgan fingerprint density at radius 1 is 0.977 bits per heavy atom. The number of rotatable bonds is 7. The molecule has 9 nitrogen and oxygen atoms in total. The van der Waals surface area contributed by atoms with Crippen LogP contribution in [0.15, 0.2) is 82.6 Å². The number of hydrogen-bond donors (Lipinski definition) is 2. The van der Waals surface area contributed by atoms with E-state index in [0.29, 0.717) is 31.8 Å². The molecule has 2 aliphatic rings. The second-order valence-electron chi connectivity index (χ2n) is 9.88. The van der Waals surface area contributed by atoms with Crippen LogP contribution in [0.3, 0.4) is 0 Å². The van der Waals surface area contributed by atoms with Crippen molar-refractivity contribution in [3.05, 3.63) is 98.5 Å². The molecule has 0 radical (unpaired) electrons. The van der Waals surface area contributed by atoms with Gasteiger partial charge < -0.3 is 19.8 Å². The van der Waals surface area contributed by atoms with Crippen LogP contribution in [0.25, 0.3) is 0 Å². The molecule has 2 unspecified atom stereocenters. The minimum Gasteiger partial charge on any atom is -0.497 e. The van der Waals surface area contributed by atoms with Crippen LogP contribution in [0.1, 0.15) is 21.9 Å². The summed E-state index contributed by atoms with van der Waals surface area (Å²) in [5.74, 6) is -3.35. The van der Waals surface area contributed by atoms with Crippen LogP contribution in [-0.2, 0) is 20.6 Å². The van der Waals surface area contributed by atoms with Crippen molar-refractivity contribution < 1.29 is 37.0 Å². The number of para-hydroxylation sites is 2. The van der Waals surface area contributed by atoms with E-state index < -0.39 is 63.7 Å². The number of aromatic amines is 1. The summed E-state index contributed by atoms with van der Waals surface area (Å²) in [6.45, 7) is -0.410. The van der Waals surface area contributed by atoms with Crippen molar-refractivity contribution in [2.45, 2.75) is 22.4 Å². The number of thioether (sulfide) groups is 1. The first-order chi connectivity index (χ1) is 21.1. The van der Waals surface area contributed by atoms with E-state index >= 15 is 0 Å². The number of benzene rings is 3. The first kappa shape index (κ1) is 29.5. The molecule has 1 aromatic heterocycles. The number of anilines is 2. The average molecular weight is 642 g/mol. The van der Waals surface area contributed by atoms with Gasteiger partial charge in [-0.05, 0) is 42.5 Å². The molecule has 0 saturated carbocycles. The molecule has 2 N–H and O–H groups in total. The summed E-state index contributed by atoms with van der Waals surface area (Å²) in [6.07, 6.45) is -4.81. The number of halogens is 3. The van der Waals surface area contributed by atoms with Crippen LogP contribution >= 0.6 is 23.1 Å². The van der Waals surface area contributed by atoms with Crippen molar-refractivity contribution in [3.63, 3.8) is 0 Å². The van der Waals surface area contributed by atoms with E-state index in [-0.39, 0.29) is 5.75 Å². The smallest absolute Gasteiger partial charge is 0.418 e. The van der Waals surface area contributed by atoms with Crippen molar-refractivity contribution in [2.24, 2.45) is 5.92 Å². The zero-order valence-electron chi connectivity index (χ0n) is 22.7. The van der Waals surface area contributed by atoms with E-state index in [0.717, 1.165) is 35.2 Å². The third-order valence-corrected chi connectivity index (χ3v) is 9.66. The molecule has 4 aromatic rings. The van der Waals surface area contributed by atoms with Crippen molar-refractivity contribution in [3.8, 4) is 11.5 Å². The van der Waals surface area contributed by atoms with Gasteiger partial charge in [-0.15, -0.1) is 0 Å². The van der Waals surface area contributed by atoms with Gasteiger partial charge in [-0.2, -0.15) is 13.2 Å². The lowest BCUT2D eigenvalue weighted by Gasteiger charge is -2.30. The molecule has 6 rings (SSSR count). The number of alkyl halides is 3. The Bertz CT molecular complexity index is 1820. The molecule has 0 bridgehead atoms. The van der Waals surface area contributed by atoms with Gasteiger partial charge in [-0.1, -0.05) is 53.4 Å². The summed E-state index contributed by atoms with van der Waals surface area (Å²) in [4.78, 5) is 56.1. The third kappa shape index (κ3) is 5.35. The number of hydrogen-bond acceptors (Lipinski definition) is 8. The number of methoxy groups -OCH3 is 1. The highest BCUT2D eigenvalue weighted by Crippen LogP contribution is 2.55. The Kier molecular flexibility index (Phi) is 7.72. The highest BCUT2D eigenvalue weighted by Gasteiger charge is 2.57. The number of fused-ring (bicyclic) bond motifs is 2. The molecule has 3 atom stereocenters. The van der Waals surface area contributed by atoms with Crippen molar-refractivity contribution >= 4 is 52.2 Å². The SMILES string of the molecule is COc1ccc(NC(=O)COc2ccccc2[C@H]2c3sc(=O)[nH]c3SC3C(=O)N(c4ccccc4C(F)(F)F)C(=O)C32)cc1. The fourth-order valence-corrected chi connectivity index (χ4v) is 7.89. The Morgan fingerprint density at radius 3 is 2.41 bits per heavy atom. The van der Waals surface area contributed by atoms with E-state index in [9.17, 15) is 32.3 Å². The molecule has 0 aliphatic carbocycles. The summed E-state index contributed by atoms with van der Waals surface area (Å²) < 4.78 is 52.7. The van der Waals surface area contributed by atoms with E-state index in [4.69, 9.17) is 9.47 Å². The van der Waals surface area contributed by atoms with Gasteiger partial charge in [0, 0.05) is 22.0 Å². The molecule has 14 heteroatoms. The first-order valence-electron chi connectivity index (χ1n) is 13.2. The Morgan fingerprint density at radius 2 is 1.68 bits per heavy atom. The van der Waals surface area contributed by atoms with E-state index in [1.165, 1.54) is 19.2 Å². The number of imide groups is 1. The average Bonchev–Trinajstić information content (AvgIpc) is 3.50. The lowest BCUT2D eigenvalue weighted by molar-refractivity contribution is -0.137. The highest BCUT2D eigenvalue weighted by molar-refractivity contribution is 8.00. The van der Waals surface area contributed by atoms with Crippen LogP contribution in [0.4, 0.5) is 24.5 Å². The number of aromatic nitrogens is 1. The molecule has 44 heavy (non-hydrogen) atoms. The Labute approximate surface area is 256 Å². The molecule has 3 aromatic carbocycles. The molecule has 226 valence electrons. The van der Waals surface area contributed by atoms with Gasteiger partial charge in [-0.25, -0.2) is 4.90 Å². The number of nitrogens with one attached hydrogen (secondary N) is 2. The summed E-state index contributed by atoms with van der Waals surface area (Å²) in [5.41, 5.74) is -0.753. The molecule has 0 spiro atoms. The molecule has 2 aliphatic heterocycles. The molecular weight excluding hydrogens is 619 g/mol. The van der Waals surface area contributed by atoms with E-state index in [1.807, 2.05) is 0 Å². The summed E-state index contributed by atoms with van der Waals surface area (Å²) in [6, 6.07) is 17.6. The number of ether oxygens (including phenoxy) is 2. The predicted molar refractivity (Wildman–Crippen MR) is 157 cm³/mol. The molecule has 3 amide bonds. The van der Waals surface area contributed by atoms with E-state index in [2.05, 4.69) is 10.3 Å². The minimum absolute atomic E-state index is 0.217. The number of carbonyl (C=O) groups excluding carboxylic acids is 3. The van der Waals surface area contributed by atoms with Gasteiger partial charge in [0.1, 0.15) is 16.7 Å². The minimum atomic E-state index is -4.81. The van der Waals surface area contributed by atoms with E-state index in [1.54, 1.807) is 48.5 Å². The molecule has 3 heterocycles. The lowest BCUT2D eigenvalue weighted by atomic mass is 9.82. The maximum Gasteiger partial charge on any atom is 0.418 e. The maximum atomic E-state index is 14.0. The fourth-order valence-electron chi connectivity index (χ4n) is 5.38. The van der Waals surface area contributed by atoms with Gasteiger partial charge in [0.2, 0.25) is 11.8 Å². The van der Waals surface area contributed by atoms with Crippen LogP contribution < -0.4 is 24.6 Å². The molecule has 1 fully saturated rings. The van der Waals surface area contributed by atoms with Gasteiger partial charge >= 0.3 is 11.0 Å². The number of nitrogens with zero attached hydrogens (tertiary/aromatic N) is 1. The van der Waals surface area contributed by atoms with Crippen molar-refractivity contribution in [1.29, 1.82) is 0 Å². The third-order valence-electron chi connectivity index (χ3n) is 7.26. The Hall–Kier alpha value is -4.56. The zero-order valence-corrected chi connectivity index (χ0v) is 24.3.